The molecule has 0 aromatic rings. The summed E-state index contributed by atoms with van der Waals surface area (Å²) in [4.78, 5) is 0. The molecule has 265 valence electrons. The summed E-state index contributed by atoms with van der Waals surface area (Å²) in [6, 6.07) is 0. The molecule has 44 heavy (non-hydrogen) atoms. The van der Waals surface area contributed by atoms with Crippen LogP contribution in [-0.2, 0) is 4.74 Å². The highest BCUT2D eigenvalue weighted by atomic mass is 16.5. The van der Waals surface area contributed by atoms with Crippen LogP contribution in [0.25, 0.3) is 0 Å². The van der Waals surface area contributed by atoms with Gasteiger partial charge in [0.25, 0.3) is 0 Å². The largest absolute Gasteiger partial charge is 0.376 e. The standard InChI is InChI=1S/C43H87O/c1-3-5-7-9-11-13-15-17-19-21-22-23-24-25-27-29-31-33-35-37-39-41-43-44-42-40-38-36-34-32-30-28-26-20-18-16-14-12-10-8-6-4-2/h43H,3-42H2,1-2H3. The molecule has 0 saturated carbocycles. The van der Waals surface area contributed by atoms with E-state index in [0.717, 1.165) is 13.0 Å². The summed E-state index contributed by atoms with van der Waals surface area (Å²) in [5.41, 5.74) is 0. The molecule has 0 heterocycles. The van der Waals surface area contributed by atoms with Crippen LogP contribution in [0.2, 0.25) is 0 Å². The lowest BCUT2D eigenvalue weighted by Gasteiger charge is -2.05. The lowest BCUT2D eigenvalue weighted by Crippen LogP contribution is -1.92. The number of unbranched alkanes of at least 4 members (excludes halogenated alkanes) is 37. The molecule has 0 atom stereocenters. The van der Waals surface area contributed by atoms with Crippen molar-refractivity contribution < 1.29 is 4.74 Å². The zero-order valence-electron chi connectivity index (χ0n) is 31.3. The minimum absolute atomic E-state index is 0.942. The van der Waals surface area contributed by atoms with Gasteiger partial charge in [-0.2, -0.15) is 0 Å². The Kier molecular flexibility index (Phi) is 42.9. The van der Waals surface area contributed by atoms with Gasteiger partial charge >= 0.3 is 0 Å². The van der Waals surface area contributed by atoms with Crippen molar-refractivity contribution in [3.8, 4) is 0 Å². The summed E-state index contributed by atoms with van der Waals surface area (Å²) in [6.07, 6.45) is 56.1. The van der Waals surface area contributed by atoms with Crippen molar-refractivity contribution in [1.82, 2.24) is 0 Å². The monoisotopic (exact) mass is 620 g/mol. The normalized spacial score (nSPS) is 11.6. The molecule has 1 heteroatoms. The van der Waals surface area contributed by atoms with E-state index in [0.29, 0.717) is 0 Å². The molecule has 0 N–H and O–H groups in total. The highest BCUT2D eigenvalue weighted by Gasteiger charge is 1.98. The quantitative estimate of drug-likeness (QED) is 0.0619. The molecule has 0 rings (SSSR count). The van der Waals surface area contributed by atoms with Gasteiger partial charge in [-0.1, -0.05) is 251 Å². The fourth-order valence-electron chi connectivity index (χ4n) is 6.74. The van der Waals surface area contributed by atoms with Crippen LogP contribution in [0.4, 0.5) is 0 Å². The highest BCUT2D eigenvalue weighted by Crippen LogP contribution is 2.17. The molecular formula is C43H87O. The van der Waals surface area contributed by atoms with Crippen LogP contribution in [0, 0.1) is 6.61 Å². The smallest absolute Gasteiger partial charge is 0.0836 e. The van der Waals surface area contributed by atoms with Gasteiger partial charge in [0.2, 0.25) is 0 Å². The second kappa shape index (κ2) is 43.0. The zero-order valence-corrected chi connectivity index (χ0v) is 31.3. The predicted molar refractivity (Wildman–Crippen MR) is 202 cm³/mol. The Bertz CT molecular complexity index is 418. The van der Waals surface area contributed by atoms with Crippen LogP contribution in [0.3, 0.4) is 0 Å². The van der Waals surface area contributed by atoms with Gasteiger partial charge in [-0.05, 0) is 12.8 Å². The first kappa shape index (κ1) is 44.0. The number of hydrogen-bond donors (Lipinski definition) is 0. The number of rotatable bonds is 41. The van der Waals surface area contributed by atoms with E-state index in [1.165, 1.54) is 244 Å². The molecule has 1 radical (unpaired) electrons. The van der Waals surface area contributed by atoms with Crippen molar-refractivity contribution in [2.75, 3.05) is 6.61 Å². The van der Waals surface area contributed by atoms with Crippen LogP contribution < -0.4 is 0 Å². The van der Waals surface area contributed by atoms with Gasteiger partial charge in [0, 0.05) is 6.61 Å². The Morgan fingerprint density at radius 1 is 0.250 bits per heavy atom. The number of hydrogen-bond acceptors (Lipinski definition) is 1. The third-order valence-corrected chi connectivity index (χ3v) is 9.91. The summed E-state index contributed by atoms with van der Waals surface area (Å²) in [6.45, 7) is 7.65. The molecule has 0 unspecified atom stereocenters. The summed E-state index contributed by atoms with van der Waals surface area (Å²) >= 11 is 0. The van der Waals surface area contributed by atoms with E-state index in [1.807, 2.05) is 0 Å². The first-order valence-electron chi connectivity index (χ1n) is 21.3. The maximum atomic E-state index is 5.78. The van der Waals surface area contributed by atoms with Crippen molar-refractivity contribution in [2.45, 2.75) is 264 Å². The van der Waals surface area contributed by atoms with E-state index in [1.54, 1.807) is 0 Å². The third kappa shape index (κ3) is 42.0. The summed E-state index contributed by atoms with van der Waals surface area (Å²) in [5, 5.41) is 0. The molecule has 0 fully saturated rings. The molecule has 0 aromatic carbocycles. The first-order chi connectivity index (χ1) is 21.9. The highest BCUT2D eigenvalue weighted by molar-refractivity contribution is 4.55. The van der Waals surface area contributed by atoms with Crippen LogP contribution in [0.15, 0.2) is 0 Å². The van der Waals surface area contributed by atoms with E-state index in [-0.39, 0.29) is 0 Å². The minimum atomic E-state index is 0.942. The number of ether oxygens (including phenoxy) is 1. The molecule has 1 nitrogen and oxygen atoms in total. The van der Waals surface area contributed by atoms with Crippen molar-refractivity contribution in [2.24, 2.45) is 0 Å². The van der Waals surface area contributed by atoms with E-state index in [4.69, 9.17) is 4.74 Å². The molecule has 0 bridgehead atoms. The van der Waals surface area contributed by atoms with Crippen LogP contribution in [-0.4, -0.2) is 6.61 Å². The maximum absolute atomic E-state index is 5.78. The van der Waals surface area contributed by atoms with E-state index in [2.05, 4.69) is 20.5 Å². The summed E-state index contributed by atoms with van der Waals surface area (Å²) in [7, 11) is 0. The molecule has 0 aliphatic carbocycles. The third-order valence-electron chi connectivity index (χ3n) is 9.91. The summed E-state index contributed by atoms with van der Waals surface area (Å²) in [5.74, 6) is 0. The zero-order chi connectivity index (χ0) is 31.7. The molecule has 0 amide bonds. The van der Waals surface area contributed by atoms with Crippen LogP contribution in [0.1, 0.15) is 264 Å². The van der Waals surface area contributed by atoms with E-state index < -0.39 is 0 Å². The molecular weight excluding hydrogens is 532 g/mol. The molecule has 0 spiro atoms. The van der Waals surface area contributed by atoms with Gasteiger partial charge in [-0.3, -0.25) is 0 Å². The van der Waals surface area contributed by atoms with Gasteiger partial charge in [0.1, 0.15) is 0 Å². The van der Waals surface area contributed by atoms with Crippen LogP contribution in [0.5, 0.6) is 0 Å². The van der Waals surface area contributed by atoms with Crippen molar-refractivity contribution in [3.63, 3.8) is 0 Å². The van der Waals surface area contributed by atoms with Crippen LogP contribution >= 0.6 is 0 Å². The lowest BCUT2D eigenvalue weighted by molar-refractivity contribution is 0.183. The Labute approximate surface area is 281 Å². The maximum Gasteiger partial charge on any atom is 0.0836 e. The second-order valence-electron chi connectivity index (χ2n) is 14.6. The fraction of sp³-hybridized carbons (Fsp3) is 0.977. The average Bonchev–Trinajstić information content (AvgIpc) is 3.04. The van der Waals surface area contributed by atoms with Crippen molar-refractivity contribution in [1.29, 1.82) is 0 Å². The Hall–Kier alpha value is -0.0400. The fourth-order valence-corrected chi connectivity index (χ4v) is 6.74. The molecule has 0 aliphatic heterocycles. The SMILES string of the molecule is CCCCCCCCCCCCCCCCCCCCCCC[CH]OCCCCCCCCCCCCCCCCCCC. The Morgan fingerprint density at radius 3 is 0.705 bits per heavy atom. The Morgan fingerprint density at radius 2 is 0.455 bits per heavy atom. The predicted octanol–water partition coefficient (Wildman–Crippen LogP) is 16.4. The minimum Gasteiger partial charge on any atom is -0.376 e. The molecule has 0 aromatic heterocycles. The summed E-state index contributed by atoms with van der Waals surface area (Å²) < 4.78 is 5.78. The molecule has 0 aliphatic rings. The van der Waals surface area contributed by atoms with E-state index >= 15 is 0 Å². The lowest BCUT2D eigenvalue weighted by atomic mass is 10.0. The second-order valence-corrected chi connectivity index (χ2v) is 14.6. The van der Waals surface area contributed by atoms with Crippen molar-refractivity contribution in [3.05, 3.63) is 6.61 Å². The van der Waals surface area contributed by atoms with Gasteiger partial charge in [0.05, 0.1) is 6.61 Å². The van der Waals surface area contributed by atoms with Gasteiger partial charge in [0.15, 0.2) is 0 Å². The first-order valence-corrected chi connectivity index (χ1v) is 21.3. The van der Waals surface area contributed by atoms with Crippen molar-refractivity contribution >= 4 is 0 Å². The van der Waals surface area contributed by atoms with Gasteiger partial charge in [-0.25, -0.2) is 0 Å². The Balaban J connectivity index is 3.03. The average molecular weight is 620 g/mol. The van der Waals surface area contributed by atoms with Gasteiger partial charge in [-0.15, -0.1) is 0 Å². The van der Waals surface area contributed by atoms with E-state index in [9.17, 15) is 0 Å². The molecule has 0 saturated heterocycles. The van der Waals surface area contributed by atoms with Gasteiger partial charge < -0.3 is 4.74 Å². The topological polar surface area (TPSA) is 9.23 Å².